The van der Waals surface area contributed by atoms with Crippen LogP contribution in [-0.2, 0) is 0 Å². The Hall–Kier alpha value is -8.72. The van der Waals surface area contributed by atoms with Gasteiger partial charge in [-0.3, -0.25) is 0 Å². The van der Waals surface area contributed by atoms with Gasteiger partial charge in [-0.15, -0.1) is 0 Å². The van der Waals surface area contributed by atoms with Crippen molar-refractivity contribution in [2.24, 2.45) is 0 Å². The van der Waals surface area contributed by atoms with Gasteiger partial charge in [0.2, 0.25) is 0 Å². The summed E-state index contributed by atoms with van der Waals surface area (Å²) >= 11 is 0. The smallest absolute Gasteiger partial charge is 0.0546 e. The molecule has 0 aliphatic rings. The van der Waals surface area contributed by atoms with E-state index in [0.717, 1.165) is 28.3 Å². The van der Waals surface area contributed by atoms with Crippen molar-refractivity contribution < 1.29 is 0 Å². The summed E-state index contributed by atoms with van der Waals surface area (Å²) in [6, 6.07) is 97.0. The van der Waals surface area contributed by atoms with E-state index in [1.807, 2.05) is 0 Å². The van der Waals surface area contributed by atoms with Crippen molar-refractivity contribution in [1.29, 1.82) is 0 Å². The van der Waals surface area contributed by atoms with Crippen LogP contribution in [0.3, 0.4) is 0 Å². The third-order valence-electron chi connectivity index (χ3n) is 13.0. The van der Waals surface area contributed by atoms with Crippen molar-refractivity contribution in [3.63, 3.8) is 0 Å². The van der Waals surface area contributed by atoms with E-state index in [4.69, 9.17) is 0 Å². The van der Waals surface area contributed by atoms with Gasteiger partial charge < -0.3 is 9.47 Å². The lowest BCUT2D eigenvalue weighted by atomic mass is 9.87. The number of fused-ring (bicyclic) bond motifs is 4. The molecule has 12 aromatic rings. The Bertz CT molecular complexity index is 3680. The highest BCUT2D eigenvalue weighted by molar-refractivity contribution is 6.10. The van der Waals surface area contributed by atoms with Crippen LogP contribution in [0.5, 0.6) is 0 Å². The highest BCUT2D eigenvalue weighted by atomic mass is 15.1. The number of aromatic nitrogens is 1. The first-order chi connectivity index (χ1) is 32.7. The monoisotopic (exact) mass is 840 g/mol. The van der Waals surface area contributed by atoms with Crippen molar-refractivity contribution >= 4 is 49.6 Å². The van der Waals surface area contributed by atoms with Gasteiger partial charge in [-0.25, -0.2) is 0 Å². The topological polar surface area (TPSA) is 8.17 Å². The van der Waals surface area contributed by atoms with Gasteiger partial charge in [-0.2, -0.15) is 0 Å². The minimum atomic E-state index is 1.07. The van der Waals surface area contributed by atoms with Crippen LogP contribution in [-0.4, -0.2) is 4.57 Å². The van der Waals surface area contributed by atoms with Crippen molar-refractivity contribution in [3.8, 4) is 61.3 Å². The lowest BCUT2D eigenvalue weighted by molar-refractivity contribution is 1.18. The fourth-order valence-corrected chi connectivity index (χ4v) is 9.87. The molecule has 66 heavy (non-hydrogen) atoms. The molecule has 0 saturated heterocycles. The summed E-state index contributed by atoms with van der Waals surface area (Å²) in [5.41, 5.74) is 18.5. The average Bonchev–Trinajstić information content (AvgIpc) is 3.73. The Morgan fingerprint density at radius 2 is 0.818 bits per heavy atom. The van der Waals surface area contributed by atoms with E-state index < -0.39 is 0 Å². The number of rotatable bonds is 9. The van der Waals surface area contributed by atoms with Gasteiger partial charge in [-0.1, -0.05) is 200 Å². The molecule has 0 atom stereocenters. The molecule has 12 rings (SSSR count). The van der Waals surface area contributed by atoms with Crippen LogP contribution in [0, 0.1) is 0 Å². The third-order valence-corrected chi connectivity index (χ3v) is 13.0. The summed E-state index contributed by atoms with van der Waals surface area (Å²) in [4.78, 5) is 2.46. The van der Waals surface area contributed by atoms with Crippen LogP contribution >= 0.6 is 0 Å². The van der Waals surface area contributed by atoms with E-state index in [0.29, 0.717) is 0 Å². The highest BCUT2D eigenvalue weighted by Gasteiger charge is 2.23. The predicted octanol–water partition coefficient (Wildman–Crippen LogP) is 17.7. The average molecular weight is 841 g/mol. The SMILES string of the molecule is c1ccc(-c2ccccc2-c2c(-c3ccccc3)cccc2N(c2ccc(-c3ccc4ccccc4c3)cc2)c2cccc(-c3ccc4c(c3)c3ccccc3n4-c3ccccc3)c2)cc1. The molecule has 1 heterocycles. The Labute approximate surface area is 385 Å². The van der Waals surface area contributed by atoms with Gasteiger partial charge >= 0.3 is 0 Å². The number of anilines is 3. The molecule has 0 fully saturated rings. The van der Waals surface area contributed by atoms with Crippen LogP contribution in [0.15, 0.2) is 267 Å². The van der Waals surface area contributed by atoms with Crippen LogP contribution in [0.1, 0.15) is 0 Å². The van der Waals surface area contributed by atoms with Crippen LogP contribution in [0.4, 0.5) is 17.1 Å². The predicted molar refractivity (Wildman–Crippen MR) is 280 cm³/mol. The fraction of sp³-hybridized carbons (Fsp3) is 0. The van der Waals surface area contributed by atoms with Crippen molar-refractivity contribution in [3.05, 3.63) is 267 Å². The molecule has 0 saturated carbocycles. The molecule has 0 bridgehead atoms. The first-order valence-corrected chi connectivity index (χ1v) is 22.7. The molecule has 0 spiro atoms. The molecule has 0 aliphatic heterocycles. The Kier molecular flexibility index (Phi) is 9.89. The molecule has 2 nitrogen and oxygen atoms in total. The van der Waals surface area contributed by atoms with E-state index in [1.165, 1.54) is 82.6 Å². The van der Waals surface area contributed by atoms with E-state index in [2.05, 4.69) is 276 Å². The fourth-order valence-electron chi connectivity index (χ4n) is 9.87. The van der Waals surface area contributed by atoms with Crippen LogP contribution in [0.25, 0.3) is 93.9 Å². The number of nitrogens with zero attached hydrogens (tertiary/aromatic N) is 2. The quantitative estimate of drug-likeness (QED) is 0.141. The van der Waals surface area contributed by atoms with Gasteiger partial charge in [0.25, 0.3) is 0 Å². The molecule has 0 aliphatic carbocycles. The summed E-state index contributed by atoms with van der Waals surface area (Å²) in [5.74, 6) is 0. The van der Waals surface area contributed by atoms with Gasteiger partial charge in [0.1, 0.15) is 0 Å². The van der Waals surface area contributed by atoms with Gasteiger partial charge in [0.05, 0.1) is 16.7 Å². The second kappa shape index (κ2) is 16.8. The maximum absolute atomic E-state index is 2.46. The van der Waals surface area contributed by atoms with Crippen molar-refractivity contribution in [2.45, 2.75) is 0 Å². The summed E-state index contributed by atoms with van der Waals surface area (Å²) in [6.07, 6.45) is 0. The zero-order valence-electron chi connectivity index (χ0n) is 36.3. The minimum absolute atomic E-state index is 1.07. The van der Waals surface area contributed by atoms with Crippen molar-refractivity contribution in [2.75, 3.05) is 4.90 Å². The maximum atomic E-state index is 2.46. The molecule has 11 aromatic carbocycles. The lowest BCUT2D eigenvalue weighted by Gasteiger charge is -2.30. The molecular weight excluding hydrogens is 797 g/mol. The van der Waals surface area contributed by atoms with Gasteiger partial charge in [-0.05, 0) is 128 Å². The summed E-state index contributed by atoms with van der Waals surface area (Å²) in [5, 5.41) is 4.95. The lowest BCUT2D eigenvalue weighted by Crippen LogP contribution is -2.12. The number of hydrogen-bond donors (Lipinski definition) is 0. The normalized spacial score (nSPS) is 11.3. The molecular formula is C64H44N2. The second-order valence-electron chi connectivity index (χ2n) is 16.9. The minimum Gasteiger partial charge on any atom is -0.310 e. The number of benzene rings is 11. The zero-order valence-corrected chi connectivity index (χ0v) is 36.3. The maximum Gasteiger partial charge on any atom is 0.0546 e. The molecule has 2 heteroatoms. The largest absolute Gasteiger partial charge is 0.310 e. The molecule has 310 valence electrons. The van der Waals surface area contributed by atoms with Gasteiger partial charge in [0, 0.05) is 33.4 Å². The Balaban J connectivity index is 1.07. The second-order valence-corrected chi connectivity index (χ2v) is 16.9. The van der Waals surface area contributed by atoms with Crippen LogP contribution < -0.4 is 4.90 Å². The molecule has 1 aromatic heterocycles. The zero-order chi connectivity index (χ0) is 43.8. The first kappa shape index (κ1) is 38.9. The number of hydrogen-bond acceptors (Lipinski definition) is 1. The summed E-state index contributed by atoms with van der Waals surface area (Å²) < 4.78 is 2.38. The molecule has 0 N–H and O–H groups in total. The van der Waals surface area contributed by atoms with E-state index in [-0.39, 0.29) is 0 Å². The van der Waals surface area contributed by atoms with E-state index in [9.17, 15) is 0 Å². The first-order valence-electron chi connectivity index (χ1n) is 22.7. The Morgan fingerprint density at radius 3 is 1.61 bits per heavy atom. The molecule has 0 unspecified atom stereocenters. The molecule has 0 radical (unpaired) electrons. The highest BCUT2D eigenvalue weighted by Crippen LogP contribution is 2.49. The van der Waals surface area contributed by atoms with Gasteiger partial charge in [0.15, 0.2) is 0 Å². The summed E-state index contributed by atoms with van der Waals surface area (Å²) in [6.45, 7) is 0. The summed E-state index contributed by atoms with van der Waals surface area (Å²) in [7, 11) is 0. The standard InChI is InChI=1S/C64H44N2/c1-4-19-47(20-5-1)56-28-12-13-30-59(56)64-57(48-21-6-2-7-22-48)31-17-33-63(64)65(54-39-36-46(37-40-54)51-35-34-45-18-10-11-23-49(45)42-51)55-27-16-24-50(43-55)52-38-41-62-60(44-52)58-29-14-15-32-61(58)66(62)53-25-8-3-9-26-53/h1-44H. The Morgan fingerprint density at radius 1 is 0.273 bits per heavy atom. The van der Waals surface area contributed by atoms with Crippen molar-refractivity contribution in [1.82, 2.24) is 4.57 Å². The van der Waals surface area contributed by atoms with Crippen LogP contribution in [0.2, 0.25) is 0 Å². The van der Waals surface area contributed by atoms with E-state index in [1.54, 1.807) is 0 Å². The third kappa shape index (κ3) is 7.02. The van der Waals surface area contributed by atoms with E-state index >= 15 is 0 Å². The number of para-hydroxylation sites is 2. The molecule has 0 amide bonds.